The molecular weight excluding hydrogens is 452 g/mol. The molecule has 0 saturated heterocycles. The summed E-state index contributed by atoms with van der Waals surface area (Å²) in [7, 11) is 3.39. The van der Waals surface area contributed by atoms with Crippen LogP contribution >= 0.6 is 0 Å². The summed E-state index contributed by atoms with van der Waals surface area (Å²) >= 11 is 0. The van der Waals surface area contributed by atoms with Gasteiger partial charge in [0.05, 0.1) is 18.3 Å². The number of benzene rings is 2. The van der Waals surface area contributed by atoms with Crippen molar-refractivity contribution in [3.8, 4) is 11.3 Å². The molecule has 0 saturated carbocycles. The number of nitrogens with zero attached hydrogens (tertiary/aromatic N) is 3. The van der Waals surface area contributed by atoms with E-state index in [4.69, 9.17) is 4.74 Å². The number of H-pyrrole nitrogens is 1. The largest absolute Gasteiger partial charge is 0.383 e. The Morgan fingerprint density at radius 3 is 2.67 bits per heavy atom. The maximum atomic E-state index is 13.3. The first kappa shape index (κ1) is 24.3. The number of nitrogens with one attached hydrogen (secondary N) is 1. The van der Waals surface area contributed by atoms with Crippen molar-refractivity contribution in [2.45, 2.75) is 46.2 Å². The summed E-state index contributed by atoms with van der Waals surface area (Å²) in [5, 5.41) is 7.84. The van der Waals surface area contributed by atoms with E-state index in [2.05, 4.69) is 30.1 Å². The maximum absolute atomic E-state index is 13.3. The van der Waals surface area contributed by atoms with Gasteiger partial charge in [-0.1, -0.05) is 32.0 Å². The Labute approximate surface area is 212 Å². The number of rotatable bonds is 7. The zero-order chi connectivity index (χ0) is 25.6. The Morgan fingerprint density at radius 1 is 1.19 bits per heavy atom. The van der Waals surface area contributed by atoms with Crippen LogP contribution in [0.15, 0.2) is 42.5 Å². The Morgan fingerprint density at radius 2 is 1.94 bits per heavy atom. The number of carbonyl (C=O) groups excluding carboxylic acids is 2. The van der Waals surface area contributed by atoms with Crippen LogP contribution in [0.1, 0.15) is 69.9 Å². The number of hydrogen-bond acceptors (Lipinski definition) is 4. The van der Waals surface area contributed by atoms with Gasteiger partial charge in [-0.25, -0.2) is 0 Å². The van der Waals surface area contributed by atoms with Crippen molar-refractivity contribution in [3.63, 3.8) is 0 Å². The van der Waals surface area contributed by atoms with Crippen molar-refractivity contribution in [2.75, 3.05) is 27.3 Å². The molecule has 0 fully saturated rings. The molecule has 0 bridgehead atoms. The predicted octanol–water partition coefficient (Wildman–Crippen LogP) is 4.64. The highest BCUT2D eigenvalue weighted by Crippen LogP contribution is 2.41. The van der Waals surface area contributed by atoms with Crippen LogP contribution in [0.5, 0.6) is 0 Å². The van der Waals surface area contributed by atoms with E-state index in [1.807, 2.05) is 48.2 Å². The fourth-order valence-electron chi connectivity index (χ4n) is 5.43. The Bertz CT molecular complexity index is 1310. The molecule has 1 atom stereocenters. The highest BCUT2D eigenvalue weighted by Gasteiger charge is 2.35. The summed E-state index contributed by atoms with van der Waals surface area (Å²) in [6.45, 7) is 8.20. The van der Waals surface area contributed by atoms with Gasteiger partial charge >= 0.3 is 0 Å². The zero-order valence-corrected chi connectivity index (χ0v) is 21.7. The van der Waals surface area contributed by atoms with Crippen molar-refractivity contribution in [1.29, 1.82) is 0 Å². The second-order valence-corrected chi connectivity index (χ2v) is 10.9. The third-order valence-electron chi connectivity index (χ3n) is 7.56. The molecule has 0 radical (unpaired) electrons. The van der Waals surface area contributed by atoms with Gasteiger partial charge in [-0.15, -0.1) is 0 Å². The molecule has 188 valence electrons. The molecule has 36 heavy (non-hydrogen) atoms. The summed E-state index contributed by atoms with van der Waals surface area (Å²) < 4.78 is 5.06. The van der Waals surface area contributed by atoms with Crippen molar-refractivity contribution >= 4 is 11.8 Å². The van der Waals surface area contributed by atoms with E-state index < -0.39 is 0 Å². The number of carbonyl (C=O) groups is 2. The number of aromatic nitrogens is 2. The zero-order valence-electron chi connectivity index (χ0n) is 21.7. The average Bonchev–Trinajstić information content (AvgIpc) is 3.50. The molecule has 1 N–H and O–H groups in total. The van der Waals surface area contributed by atoms with Crippen LogP contribution < -0.4 is 0 Å². The highest BCUT2D eigenvalue weighted by atomic mass is 16.5. The lowest BCUT2D eigenvalue weighted by Crippen LogP contribution is -2.30. The topological polar surface area (TPSA) is 78.5 Å². The van der Waals surface area contributed by atoms with Crippen LogP contribution in [0.2, 0.25) is 0 Å². The third kappa shape index (κ3) is 4.32. The minimum atomic E-state index is -0.112. The smallest absolute Gasteiger partial charge is 0.255 e. The first-order valence-electron chi connectivity index (χ1n) is 12.5. The normalized spacial score (nSPS) is 16.7. The quantitative estimate of drug-likeness (QED) is 0.528. The second kappa shape index (κ2) is 9.21. The molecule has 1 unspecified atom stereocenters. The highest BCUT2D eigenvalue weighted by molar-refractivity contribution is 5.99. The van der Waals surface area contributed by atoms with Gasteiger partial charge in [0, 0.05) is 55.2 Å². The summed E-state index contributed by atoms with van der Waals surface area (Å²) in [5.41, 5.74) is 8.26. The number of aromatic amines is 1. The standard InChI is InChI=1S/C29H34N4O3/c1-18(19-6-8-20(9-7-19)27(34)32(4)12-13-36-5)33-17-22-14-21(10-11-23(22)28(33)35)26-24-15-29(2,3)16-25(24)30-31-26/h6-11,14,18H,12-13,15-17H2,1-5H3,(H,30,31). The molecule has 0 spiro atoms. The number of ether oxygens (including phenoxy) is 1. The first-order chi connectivity index (χ1) is 17.2. The van der Waals surface area contributed by atoms with Gasteiger partial charge < -0.3 is 14.5 Å². The van der Waals surface area contributed by atoms with E-state index in [1.54, 1.807) is 19.1 Å². The van der Waals surface area contributed by atoms with E-state index in [0.717, 1.165) is 40.8 Å². The van der Waals surface area contributed by atoms with Crippen molar-refractivity contribution in [1.82, 2.24) is 20.0 Å². The second-order valence-electron chi connectivity index (χ2n) is 10.9. The van der Waals surface area contributed by atoms with E-state index in [-0.39, 0.29) is 23.3 Å². The fraction of sp³-hybridized carbons (Fsp3) is 0.414. The molecule has 1 aliphatic carbocycles. The van der Waals surface area contributed by atoms with Crippen LogP contribution in [0.3, 0.4) is 0 Å². The monoisotopic (exact) mass is 486 g/mol. The minimum Gasteiger partial charge on any atom is -0.383 e. The molecule has 1 aliphatic heterocycles. The number of fused-ring (bicyclic) bond motifs is 2. The van der Waals surface area contributed by atoms with Gasteiger partial charge in [-0.2, -0.15) is 5.10 Å². The van der Waals surface area contributed by atoms with E-state index in [0.29, 0.717) is 25.3 Å². The molecule has 2 aromatic carbocycles. The van der Waals surface area contributed by atoms with Gasteiger partial charge in [-0.05, 0) is 60.6 Å². The van der Waals surface area contributed by atoms with E-state index in [9.17, 15) is 9.59 Å². The maximum Gasteiger partial charge on any atom is 0.255 e. The lowest BCUT2D eigenvalue weighted by atomic mass is 9.90. The van der Waals surface area contributed by atoms with Crippen LogP contribution in [0, 0.1) is 5.41 Å². The lowest BCUT2D eigenvalue weighted by Gasteiger charge is -2.25. The van der Waals surface area contributed by atoms with Gasteiger partial charge in [0.25, 0.3) is 11.8 Å². The van der Waals surface area contributed by atoms with Gasteiger partial charge in [-0.3, -0.25) is 14.7 Å². The fourth-order valence-corrected chi connectivity index (χ4v) is 5.43. The molecule has 1 aromatic heterocycles. The van der Waals surface area contributed by atoms with Crippen molar-refractivity contribution in [3.05, 3.63) is 76.0 Å². The van der Waals surface area contributed by atoms with Gasteiger partial charge in [0.1, 0.15) is 0 Å². The van der Waals surface area contributed by atoms with Crippen molar-refractivity contribution in [2.24, 2.45) is 5.41 Å². The molecule has 2 amide bonds. The van der Waals surface area contributed by atoms with Crippen LogP contribution in [0.4, 0.5) is 0 Å². The molecular formula is C29H34N4O3. The van der Waals surface area contributed by atoms with Gasteiger partial charge in [0.15, 0.2) is 0 Å². The Hall–Kier alpha value is -3.45. The summed E-state index contributed by atoms with van der Waals surface area (Å²) in [6.07, 6.45) is 2.02. The van der Waals surface area contributed by atoms with Crippen LogP contribution in [-0.2, 0) is 24.1 Å². The number of methoxy groups -OCH3 is 1. The lowest BCUT2D eigenvalue weighted by molar-refractivity contribution is 0.0712. The Balaban J connectivity index is 1.32. The third-order valence-corrected chi connectivity index (χ3v) is 7.56. The summed E-state index contributed by atoms with van der Waals surface area (Å²) in [4.78, 5) is 29.4. The van der Waals surface area contributed by atoms with Crippen LogP contribution in [0.25, 0.3) is 11.3 Å². The SMILES string of the molecule is COCCN(C)C(=O)c1ccc(C(C)N2Cc3cc(-c4n[nH]c5c4CC(C)(C)C5)ccc3C2=O)cc1. The van der Waals surface area contributed by atoms with Gasteiger partial charge in [0.2, 0.25) is 0 Å². The number of amides is 2. The minimum absolute atomic E-state index is 0.0388. The first-order valence-corrected chi connectivity index (χ1v) is 12.5. The molecule has 2 heterocycles. The van der Waals surface area contributed by atoms with Crippen LogP contribution in [-0.4, -0.2) is 59.1 Å². The average molecular weight is 487 g/mol. The number of hydrogen-bond donors (Lipinski definition) is 1. The summed E-state index contributed by atoms with van der Waals surface area (Å²) in [6, 6.07) is 13.5. The summed E-state index contributed by atoms with van der Waals surface area (Å²) in [5.74, 6) is -0.00596. The Kier molecular flexibility index (Phi) is 6.20. The molecule has 3 aromatic rings. The van der Waals surface area contributed by atoms with Crippen molar-refractivity contribution < 1.29 is 14.3 Å². The molecule has 7 nitrogen and oxygen atoms in total. The van der Waals surface area contributed by atoms with E-state index >= 15 is 0 Å². The van der Waals surface area contributed by atoms with E-state index in [1.165, 1.54) is 11.3 Å². The molecule has 2 aliphatic rings. The number of likely N-dealkylation sites (N-methyl/N-ethyl adjacent to an activating group) is 1. The molecule has 5 rings (SSSR count). The molecule has 7 heteroatoms. The predicted molar refractivity (Wildman–Crippen MR) is 139 cm³/mol.